The van der Waals surface area contributed by atoms with E-state index in [1.54, 1.807) is 42.5 Å². The lowest BCUT2D eigenvalue weighted by molar-refractivity contribution is -0.0504. The van der Waals surface area contributed by atoms with Crippen LogP contribution < -0.4 is 10.1 Å². The van der Waals surface area contributed by atoms with Gasteiger partial charge in [-0.05, 0) is 11.6 Å². The number of urea groups is 1. The fourth-order valence-corrected chi connectivity index (χ4v) is 4.70. The van der Waals surface area contributed by atoms with E-state index in [2.05, 4.69) is 10.1 Å². The van der Waals surface area contributed by atoms with Gasteiger partial charge in [0, 0.05) is 38.3 Å². The normalized spacial score (nSPS) is 15.2. The number of hydrogen-bond acceptors (Lipinski definition) is 4. The van der Waals surface area contributed by atoms with Crippen LogP contribution in [-0.2, 0) is 22.3 Å². The van der Waals surface area contributed by atoms with E-state index in [1.165, 1.54) is 15.3 Å². The predicted molar refractivity (Wildman–Crippen MR) is 108 cm³/mol. The summed E-state index contributed by atoms with van der Waals surface area (Å²) < 4.78 is 56.0. The first-order valence-corrected chi connectivity index (χ1v) is 11.0. The largest absolute Gasteiger partial charge is 0.434 e. The number of para-hydroxylation sites is 1. The minimum absolute atomic E-state index is 0.00428. The number of sulfonamides is 1. The molecule has 0 aliphatic carbocycles. The quantitative estimate of drug-likeness (QED) is 0.720. The van der Waals surface area contributed by atoms with Crippen LogP contribution in [-0.4, -0.2) is 56.4 Å². The second-order valence-corrected chi connectivity index (χ2v) is 8.74. The fraction of sp³-hybridized carbons (Fsp3) is 0.350. The zero-order chi connectivity index (χ0) is 21.6. The third kappa shape index (κ3) is 5.90. The maximum Gasteiger partial charge on any atom is 0.387 e. The second-order valence-electron chi connectivity index (χ2n) is 6.77. The lowest BCUT2D eigenvalue weighted by atomic mass is 10.2. The topological polar surface area (TPSA) is 79.0 Å². The summed E-state index contributed by atoms with van der Waals surface area (Å²) in [5.41, 5.74) is 1.14. The van der Waals surface area contributed by atoms with Gasteiger partial charge in [-0.3, -0.25) is 0 Å². The number of benzene rings is 2. The van der Waals surface area contributed by atoms with Gasteiger partial charge in [-0.25, -0.2) is 13.2 Å². The van der Waals surface area contributed by atoms with Crippen LogP contribution in [0.25, 0.3) is 0 Å². The Morgan fingerprint density at radius 2 is 1.63 bits per heavy atom. The molecule has 0 spiro atoms. The van der Waals surface area contributed by atoms with Crippen LogP contribution in [0.3, 0.4) is 0 Å². The van der Waals surface area contributed by atoms with E-state index >= 15 is 0 Å². The predicted octanol–water partition coefficient (Wildman–Crippen LogP) is 2.65. The van der Waals surface area contributed by atoms with Crippen molar-refractivity contribution in [2.75, 3.05) is 26.2 Å². The summed E-state index contributed by atoms with van der Waals surface area (Å²) in [7, 11) is -3.47. The Morgan fingerprint density at radius 1 is 1.00 bits per heavy atom. The van der Waals surface area contributed by atoms with E-state index in [4.69, 9.17) is 0 Å². The van der Waals surface area contributed by atoms with Crippen molar-refractivity contribution in [3.63, 3.8) is 0 Å². The maximum absolute atomic E-state index is 12.6. The number of rotatable bonds is 7. The van der Waals surface area contributed by atoms with Gasteiger partial charge < -0.3 is 15.0 Å². The molecular formula is C20H23F2N3O4S. The fourth-order valence-electron chi connectivity index (χ4n) is 3.19. The Balaban J connectivity index is 1.51. The number of alkyl halides is 2. The minimum Gasteiger partial charge on any atom is -0.434 e. The molecule has 0 radical (unpaired) electrons. The third-order valence-corrected chi connectivity index (χ3v) is 6.58. The number of halogens is 2. The van der Waals surface area contributed by atoms with E-state index in [0.717, 1.165) is 0 Å². The number of carbonyl (C=O) groups excluding carboxylic acids is 1. The first kappa shape index (κ1) is 22.0. The van der Waals surface area contributed by atoms with Crippen molar-refractivity contribution >= 4 is 16.1 Å². The Kier molecular flexibility index (Phi) is 7.22. The number of nitrogens with zero attached hydrogens (tertiary/aromatic N) is 2. The van der Waals surface area contributed by atoms with Gasteiger partial charge in [0.15, 0.2) is 0 Å². The van der Waals surface area contributed by atoms with Crippen LogP contribution in [0.1, 0.15) is 11.1 Å². The lowest BCUT2D eigenvalue weighted by Gasteiger charge is -2.34. The molecule has 162 valence electrons. The molecule has 1 aliphatic heterocycles. The van der Waals surface area contributed by atoms with Crippen LogP contribution in [0, 0.1) is 0 Å². The molecule has 10 heteroatoms. The summed E-state index contributed by atoms with van der Waals surface area (Å²) in [6.07, 6.45) is 0. The van der Waals surface area contributed by atoms with E-state index in [0.29, 0.717) is 11.1 Å². The van der Waals surface area contributed by atoms with E-state index < -0.39 is 16.6 Å². The highest BCUT2D eigenvalue weighted by Gasteiger charge is 2.29. The summed E-state index contributed by atoms with van der Waals surface area (Å²) in [5.74, 6) is -0.0781. The highest BCUT2D eigenvalue weighted by atomic mass is 32.2. The van der Waals surface area contributed by atoms with Gasteiger partial charge in [-0.2, -0.15) is 13.1 Å². The highest BCUT2D eigenvalue weighted by Crippen LogP contribution is 2.20. The molecule has 2 aromatic carbocycles. The number of nitrogens with one attached hydrogen (secondary N) is 1. The van der Waals surface area contributed by atoms with Crippen LogP contribution in [0.5, 0.6) is 5.75 Å². The maximum atomic E-state index is 12.6. The molecule has 1 fully saturated rings. The van der Waals surface area contributed by atoms with E-state index in [9.17, 15) is 22.0 Å². The minimum atomic E-state index is -3.47. The Bertz CT molecular complexity index is 950. The van der Waals surface area contributed by atoms with Crippen LogP contribution in [0.15, 0.2) is 54.6 Å². The van der Waals surface area contributed by atoms with Gasteiger partial charge in [0.25, 0.3) is 0 Å². The molecule has 2 aromatic rings. The van der Waals surface area contributed by atoms with Gasteiger partial charge >= 0.3 is 12.6 Å². The van der Waals surface area contributed by atoms with Crippen molar-refractivity contribution in [1.29, 1.82) is 0 Å². The second kappa shape index (κ2) is 9.86. The molecule has 1 saturated heterocycles. The monoisotopic (exact) mass is 439 g/mol. The highest BCUT2D eigenvalue weighted by molar-refractivity contribution is 7.88. The summed E-state index contributed by atoms with van der Waals surface area (Å²) in [4.78, 5) is 13.9. The molecule has 0 saturated carbocycles. The third-order valence-electron chi connectivity index (χ3n) is 4.73. The van der Waals surface area contributed by atoms with Gasteiger partial charge in [0.05, 0.1) is 5.75 Å². The first-order chi connectivity index (χ1) is 14.3. The Labute approximate surface area is 174 Å². The molecule has 0 bridgehead atoms. The van der Waals surface area contributed by atoms with E-state index in [1.807, 2.05) is 6.07 Å². The van der Waals surface area contributed by atoms with Gasteiger partial charge in [0.2, 0.25) is 10.0 Å². The molecule has 0 unspecified atom stereocenters. The molecule has 1 aliphatic rings. The standard InChI is InChI=1S/C20H23F2N3O4S/c21-19(22)29-18-9-5-4-8-17(18)14-23-20(26)24-10-12-25(13-11-24)30(27,28)15-16-6-2-1-3-7-16/h1-9,19H,10-15H2,(H,23,26). The van der Waals surface area contributed by atoms with Crippen molar-refractivity contribution in [3.05, 3.63) is 65.7 Å². The van der Waals surface area contributed by atoms with Gasteiger partial charge in [-0.15, -0.1) is 0 Å². The van der Waals surface area contributed by atoms with Gasteiger partial charge in [-0.1, -0.05) is 48.5 Å². The van der Waals surface area contributed by atoms with Crippen LogP contribution in [0.2, 0.25) is 0 Å². The summed E-state index contributed by atoms with van der Waals surface area (Å²) >= 11 is 0. The van der Waals surface area contributed by atoms with Crippen LogP contribution in [0.4, 0.5) is 13.6 Å². The Morgan fingerprint density at radius 3 is 2.30 bits per heavy atom. The molecule has 0 atom stereocenters. The Hall–Kier alpha value is -2.72. The first-order valence-electron chi connectivity index (χ1n) is 9.42. The average Bonchev–Trinajstić information content (AvgIpc) is 2.73. The SMILES string of the molecule is O=C(NCc1ccccc1OC(F)F)N1CCN(S(=O)(=O)Cc2ccccc2)CC1. The molecule has 30 heavy (non-hydrogen) atoms. The van der Waals surface area contributed by atoms with Crippen LogP contribution >= 0.6 is 0 Å². The molecule has 2 amide bonds. The van der Waals surface area contributed by atoms with Crippen molar-refractivity contribution in [3.8, 4) is 5.75 Å². The molecule has 7 nitrogen and oxygen atoms in total. The zero-order valence-electron chi connectivity index (χ0n) is 16.2. The number of ether oxygens (including phenoxy) is 1. The zero-order valence-corrected chi connectivity index (χ0v) is 17.0. The van der Waals surface area contributed by atoms with Crippen molar-refractivity contribution in [2.24, 2.45) is 0 Å². The average molecular weight is 439 g/mol. The lowest BCUT2D eigenvalue weighted by Crippen LogP contribution is -2.53. The molecule has 1 heterocycles. The summed E-state index contributed by atoms with van der Waals surface area (Å²) in [6.45, 7) is -2.03. The van der Waals surface area contributed by atoms with Crippen molar-refractivity contribution in [2.45, 2.75) is 18.9 Å². The van der Waals surface area contributed by atoms with Gasteiger partial charge in [0.1, 0.15) is 5.75 Å². The van der Waals surface area contributed by atoms with E-state index in [-0.39, 0.29) is 50.3 Å². The summed E-state index contributed by atoms with van der Waals surface area (Å²) in [6, 6.07) is 14.8. The summed E-state index contributed by atoms with van der Waals surface area (Å²) in [5, 5.41) is 2.67. The number of carbonyl (C=O) groups is 1. The smallest absolute Gasteiger partial charge is 0.387 e. The molecule has 0 aromatic heterocycles. The molecule has 1 N–H and O–H groups in total. The number of hydrogen-bond donors (Lipinski definition) is 1. The number of amides is 2. The molecular weight excluding hydrogens is 416 g/mol. The van der Waals surface area contributed by atoms with Crippen molar-refractivity contribution < 1.29 is 26.7 Å². The van der Waals surface area contributed by atoms with Crippen molar-refractivity contribution in [1.82, 2.24) is 14.5 Å². The number of piperazine rings is 1. The molecule has 3 rings (SSSR count).